The van der Waals surface area contributed by atoms with Gasteiger partial charge in [-0.2, -0.15) is 0 Å². The van der Waals surface area contributed by atoms with Gasteiger partial charge in [-0.05, 0) is 12.1 Å². The van der Waals surface area contributed by atoms with Crippen molar-refractivity contribution in [2.45, 2.75) is 5.88 Å². The smallest absolute Gasteiger partial charge is 0.274 e. The van der Waals surface area contributed by atoms with Crippen LogP contribution in [0.15, 0.2) is 18.2 Å². The van der Waals surface area contributed by atoms with Crippen molar-refractivity contribution < 1.29 is 10.0 Å². The minimum atomic E-state index is -0.531. The lowest BCUT2D eigenvalue weighted by Crippen LogP contribution is -1.92. The maximum atomic E-state index is 10.4. The van der Waals surface area contributed by atoms with Crippen molar-refractivity contribution >= 4 is 17.3 Å². The monoisotopic (exact) mass is 187 g/mol. The van der Waals surface area contributed by atoms with Crippen LogP contribution in [0.1, 0.15) is 5.56 Å². The standard InChI is InChI=1S/C7H6ClNO3/c8-4-5-3-6(10)1-2-7(5)9(11)12/h1-3,10H,4H2. The van der Waals surface area contributed by atoms with E-state index in [-0.39, 0.29) is 17.3 Å². The summed E-state index contributed by atoms with van der Waals surface area (Å²) < 4.78 is 0. The van der Waals surface area contributed by atoms with Crippen LogP contribution in [0.4, 0.5) is 5.69 Å². The van der Waals surface area contributed by atoms with E-state index in [0.29, 0.717) is 5.56 Å². The van der Waals surface area contributed by atoms with Gasteiger partial charge in [-0.25, -0.2) is 0 Å². The zero-order valence-corrected chi connectivity index (χ0v) is 6.78. The summed E-state index contributed by atoms with van der Waals surface area (Å²) in [6, 6.07) is 3.77. The molecule has 64 valence electrons. The molecule has 0 bridgehead atoms. The molecule has 0 unspecified atom stereocenters. The average Bonchev–Trinajstić information content (AvgIpc) is 2.03. The van der Waals surface area contributed by atoms with Crippen molar-refractivity contribution in [3.05, 3.63) is 33.9 Å². The number of hydrogen-bond acceptors (Lipinski definition) is 3. The number of phenols is 1. The van der Waals surface area contributed by atoms with E-state index in [0.717, 1.165) is 0 Å². The van der Waals surface area contributed by atoms with E-state index < -0.39 is 4.92 Å². The van der Waals surface area contributed by atoms with Gasteiger partial charge in [0.15, 0.2) is 0 Å². The van der Waals surface area contributed by atoms with Gasteiger partial charge in [0.25, 0.3) is 5.69 Å². The van der Waals surface area contributed by atoms with Crippen molar-refractivity contribution in [1.29, 1.82) is 0 Å². The highest BCUT2D eigenvalue weighted by Crippen LogP contribution is 2.24. The summed E-state index contributed by atoms with van der Waals surface area (Å²) in [7, 11) is 0. The Balaban J connectivity index is 3.20. The molecule has 0 aliphatic heterocycles. The summed E-state index contributed by atoms with van der Waals surface area (Å²) in [6.45, 7) is 0. The fourth-order valence-corrected chi connectivity index (χ4v) is 1.07. The average molecular weight is 188 g/mol. The summed E-state index contributed by atoms with van der Waals surface area (Å²) in [5, 5.41) is 19.3. The number of nitro benzene ring substituents is 1. The van der Waals surface area contributed by atoms with Crippen LogP contribution in [0, 0.1) is 10.1 Å². The van der Waals surface area contributed by atoms with Gasteiger partial charge >= 0.3 is 0 Å². The highest BCUT2D eigenvalue weighted by atomic mass is 35.5. The molecule has 0 saturated carbocycles. The van der Waals surface area contributed by atoms with Gasteiger partial charge in [-0.3, -0.25) is 10.1 Å². The maximum Gasteiger partial charge on any atom is 0.274 e. The van der Waals surface area contributed by atoms with Gasteiger partial charge in [0.05, 0.1) is 10.8 Å². The largest absolute Gasteiger partial charge is 0.508 e. The van der Waals surface area contributed by atoms with E-state index in [1.54, 1.807) is 0 Å². The third-order valence-electron chi connectivity index (χ3n) is 1.40. The Bertz CT molecular complexity index is 314. The van der Waals surface area contributed by atoms with Gasteiger partial charge < -0.3 is 5.11 Å². The lowest BCUT2D eigenvalue weighted by molar-refractivity contribution is -0.385. The Morgan fingerprint density at radius 1 is 1.58 bits per heavy atom. The molecule has 0 saturated heterocycles. The molecule has 5 heteroatoms. The Morgan fingerprint density at radius 3 is 2.75 bits per heavy atom. The highest BCUT2D eigenvalue weighted by Gasteiger charge is 2.12. The Morgan fingerprint density at radius 2 is 2.25 bits per heavy atom. The fraction of sp³-hybridized carbons (Fsp3) is 0.143. The van der Waals surface area contributed by atoms with E-state index >= 15 is 0 Å². The summed E-state index contributed by atoms with van der Waals surface area (Å²) in [5.74, 6) is 0.00120. The molecule has 1 rings (SSSR count). The third kappa shape index (κ3) is 1.65. The van der Waals surface area contributed by atoms with E-state index in [9.17, 15) is 10.1 Å². The predicted molar refractivity (Wildman–Crippen MR) is 44.3 cm³/mol. The maximum absolute atomic E-state index is 10.4. The lowest BCUT2D eigenvalue weighted by atomic mass is 10.2. The summed E-state index contributed by atoms with van der Waals surface area (Å²) in [4.78, 5) is 9.83. The van der Waals surface area contributed by atoms with Crippen LogP contribution in [0.3, 0.4) is 0 Å². The molecule has 0 fully saturated rings. The molecule has 0 aliphatic carbocycles. The van der Waals surface area contributed by atoms with Gasteiger partial charge in [0.1, 0.15) is 5.75 Å². The van der Waals surface area contributed by atoms with E-state index in [1.165, 1.54) is 18.2 Å². The lowest BCUT2D eigenvalue weighted by Gasteiger charge is -1.98. The normalized spacial score (nSPS) is 9.75. The minimum Gasteiger partial charge on any atom is -0.508 e. The molecular weight excluding hydrogens is 182 g/mol. The van der Waals surface area contributed by atoms with Gasteiger partial charge in [0.2, 0.25) is 0 Å². The van der Waals surface area contributed by atoms with Crippen molar-refractivity contribution in [2.75, 3.05) is 0 Å². The van der Waals surface area contributed by atoms with Crippen molar-refractivity contribution in [2.24, 2.45) is 0 Å². The first-order chi connectivity index (χ1) is 5.65. The Hall–Kier alpha value is -1.29. The highest BCUT2D eigenvalue weighted by molar-refractivity contribution is 6.17. The summed E-state index contributed by atoms with van der Waals surface area (Å²) in [5.41, 5.74) is 0.254. The molecule has 0 amide bonds. The number of halogens is 1. The number of alkyl halides is 1. The molecule has 0 aliphatic rings. The predicted octanol–water partition coefficient (Wildman–Crippen LogP) is 2.04. The van der Waals surface area contributed by atoms with E-state index in [2.05, 4.69) is 0 Å². The Labute approximate surface area is 73.5 Å². The molecule has 0 spiro atoms. The first-order valence-corrected chi connectivity index (χ1v) is 3.71. The van der Waals surface area contributed by atoms with Crippen LogP contribution >= 0.6 is 11.6 Å². The number of aromatic hydroxyl groups is 1. The molecule has 4 nitrogen and oxygen atoms in total. The number of nitrogens with zero attached hydrogens (tertiary/aromatic N) is 1. The summed E-state index contributed by atoms with van der Waals surface area (Å²) >= 11 is 5.43. The first-order valence-electron chi connectivity index (χ1n) is 3.17. The molecule has 0 heterocycles. The number of benzene rings is 1. The van der Waals surface area contributed by atoms with E-state index in [1.807, 2.05) is 0 Å². The van der Waals surface area contributed by atoms with Crippen molar-refractivity contribution in [3.8, 4) is 5.75 Å². The van der Waals surface area contributed by atoms with Crippen LogP contribution in [0.5, 0.6) is 5.75 Å². The molecule has 0 radical (unpaired) electrons. The number of phenolic OH excluding ortho intramolecular Hbond substituents is 1. The first kappa shape index (κ1) is 8.80. The second-order valence-electron chi connectivity index (χ2n) is 2.20. The SMILES string of the molecule is O=[N+]([O-])c1ccc(O)cc1CCl. The van der Waals surface area contributed by atoms with Gasteiger partial charge in [0, 0.05) is 11.6 Å². The molecule has 0 aromatic heterocycles. The second-order valence-corrected chi connectivity index (χ2v) is 2.47. The van der Waals surface area contributed by atoms with Crippen molar-refractivity contribution in [3.63, 3.8) is 0 Å². The molecule has 12 heavy (non-hydrogen) atoms. The zero-order valence-electron chi connectivity index (χ0n) is 6.03. The minimum absolute atomic E-state index is 0.0174. The molecule has 1 aromatic carbocycles. The van der Waals surface area contributed by atoms with Crippen LogP contribution in [-0.4, -0.2) is 10.0 Å². The van der Waals surface area contributed by atoms with E-state index in [4.69, 9.17) is 16.7 Å². The molecule has 1 aromatic rings. The van der Waals surface area contributed by atoms with Gasteiger partial charge in [-0.15, -0.1) is 11.6 Å². The van der Waals surface area contributed by atoms with Crippen LogP contribution in [0.2, 0.25) is 0 Å². The van der Waals surface area contributed by atoms with Crippen LogP contribution < -0.4 is 0 Å². The second kappa shape index (κ2) is 3.40. The molecular formula is C7H6ClNO3. The fourth-order valence-electron chi connectivity index (χ4n) is 0.857. The topological polar surface area (TPSA) is 63.4 Å². The van der Waals surface area contributed by atoms with Crippen molar-refractivity contribution in [1.82, 2.24) is 0 Å². The number of hydrogen-bond donors (Lipinski definition) is 1. The van der Waals surface area contributed by atoms with Gasteiger partial charge in [-0.1, -0.05) is 0 Å². The number of rotatable bonds is 2. The third-order valence-corrected chi connectivity index (χ3v) is 1.69. The molecule has 0 atom stereocenters. The summed E-state index contributed by atoms with van der Waals surface area (Å²) in [6.07, 6.45) is 0. The number of nitro groups is 1. The quantitative estimate of drug-likeness (QED) is 0.438. The zero-order chi connectivity index (χ0) is 9.14. The van der Waals surface area contributed by atoms with Crippen LogP contribution in [-0.2, 0) is 5.88 Å². The van der Waals surface area contributed by atoms with Crippen LogP contribution in [0.25, 0.3) is 0 Å². The Kier molecular flexibility index (Phi) is 2.50. The molecule has 1 N–H and O–H groups in total.